The van der Waals surface area contributed by atoms with Crippen molar-refractivity contribution in [2.45, 2.75) is 26.9 Å². The van der Waals surface area contributed by atoms with Gasteiger partial charge in [0.2, 0.25) is 0 Å². The molecule has 0 radical (unpaired) electrons. The summed E-state index contributed by atoms with van der Waals surface area (Å²) in [5.41, 5.74) is 3.64. The van der Waals surface area contributed by atoms with Gasteiger partial charge in [-0.3, -0.25) is 0 Å². The van der Waals surface area contributed by atoms with Crippen LogP contribution in [0.4, 0.5) is 0 Å². The molecule has 0 amide bonds. The van der Waals surface area contributed by atoms with Gasteiger partial charge in [-0.1, -0.05) is 54.6 Å². The molecule has 5 nitrogen and oxygen atoms in total. The van der Waals surface area contributed by atoms with Gasteiger partial charge in [-0.25, -0.2) is 0 Å². The fraction of sp³-hybridized carbons (Fsp3) is 0.296. The van der Waals surface area contributed by atoms with Crippen LogP contribution in [0.15, 0.2) is 78.9 Å². The first kappa shape index (κ1) is 24.9. The van der Waals surface area contributed by atoms with Crippen molar-refractivity contribution in [3.8, 4) is 11.5 Å². The Kier molecular flexibility index (Phi) is 10.4. The number of aryl methyl sites for hydroxylation is 1. The Bertz CT molecular complexity index is 956. The molecule has 0 aliphatic rings. The third kappa shape index (κ3) is 8.62. The smallest absolute Gasteiger partial charge is 0.170 e. The van der Waals surface area contributed by atoms with Gasteiger partial charge < -0.3 is 23.9 Å². The highest BCUT2D eigenvalue weighted by atomic mass is 31.2. The van der Waals surface area contributed by atoms with E-state index in [1.165, 1.54) is 5.56 Å². The van der Waals surface area contributed by atoms with E-state index in [1.54, 1.807) is 0 Å². The van der Waals surface area contributed by atoms with Gasteiger partial charge in [-0.15, -0.1) is 0 Å². The molecule has 0 spiro atoms. The molecule has 0 aliphatic carbocycles. The highest BCUT2D eigenvalue weighted by Gasteiger charge is 2.09. The summed E-state index contributed by atoms with van der Waals surface area (Å²) >= 11 is 0. The standard InChI is InChI=1S/C27H32NO4P/c1-3-31-33(32-4-2)19-18-22-10-14-25(15-11-22)29-20-23-12-16-26(17-13-23)30-21-27(28)24-8-6-5-7-9-24/h5-17,28H,3-4,18-21H2,1-2H3. The largest absolute Gasteiger partial charge is 0.489 e. The molecule has 0 atom stereocenters. The zero-order valence-corrected chi connectivity index (χ0v) is 20.2. The molecule has 0 aliphatic heterocycles. The summed E-state index contributed by atoms with van der Waals surface area (Å²) in [6.45, 7) is 6.09. The predicted molar refractivity (Wildman–Crippen MR) is 135 cm³/mol. The number of hydrogen-bond acceptors (Lipinski definition) is 5. The second-order valence-corrected chi connectivity index (χ2v) is 8.98. The minimum Gasteiger partial charge on any atom is -0.489 e. The molecule has 1 N–H and O–H groups in total. The van der Waals surface area contributed by atoms with Crippen molar-refractivity contribution in [1.29, 1.82) is 5.41 Å². The molecule has 0 fully saturated rings. The van der Waals surface area contributed by atoms with Crippen LogP contribution in [-0.2, 0) is 22.1 Å². The van der Waals surface area contributed by atoms with Crippen molar-refractivity contribution < 1.29 is 18.5 Å². The van der Waals surface area contributed by atoms with Crippen LogP contribution >= 0.6 is 8.38 Å². The molecule has 0 bridgehead atoms. The molecular weight excluding hydrogens is 433 g/mol. The van der Waals surface area contributed by atoms with Crippen LogP contribution in [0.3, 0.4) is 0 Å². The quantitative estimate of drug-likeness (QED) is 0.214. The van der Waals surface area contributed by atoms with Gasteiger partial charge in [0.1, 0.15) is 24.7 Å². The summed E-state index contributed by atoms with van der Waals surface area (Å²) in [7, 11) is -0.804. The second-order valence-electron chi connectivity index (χ2n) is 7.35. The molecule has 3 rings (SSSR count). The molecule has 0 unspecified atom stereocenters. The third-order valence-corrected chi connectivity index (χ3v) is 6.57. The van der Waals surface area contributed by atoms with E-state index in [-0.39, 0.29) is 6.61 Å². The first-order chi connectivity index (χ1) is 16.2. The molecule has 6 heteroatoms. The maximum absolute atomic E-state index is 8.13. The lowest BCUT2D eigenvalue weighted by Gasteiger charge is -2.15. The number of benzene rings is 3. The van der Waals surface area contributed by atoms with Crippen molar-refractivity contribution in [2.75, 3.05) is 26.0 Å². The maximum Gasteiger partial charge on any atom is 0.170 e. The Hall–Kier alpha value is -2.72. The van der Waals surface area contributed by atoms with Gasteiger partial charge >= 0.3 is 0 Å². The lowest BCUT2D eigenvalue weighted by molar-refractivity contribution is 0.269. The van der Waals surface area contributed by atoms with E-state index in [1.807, 2.05) is 80.6 Å². The van der Waals surface area contributed by atoms with Crippen molar-refractivity contribution in [3.63, 3.8) is 0 Å². The van der Waals surface area contributed by atoms with Crippen LogP contribution in [0, 0.1) is 5.41 Å². The monoisotopic (exact) mass is 465 g/mol. The van der Waals surface area contributed by atoms with E-state index < -0.39 is 8.38 Å². The van der Waals surface area contributed by atoms with E-state index in [4.69, 9.17) is 23.9 Å². The minimum absolute atomic E-state index is 0.239. The molecule has 0 saturated heterocycles. The maximum atomic E-state index is 8.13. The zero-order valence-electron chi connectivity index (χ0n) is 19.3. The van der Waals surface area contributed by atoms with Crippen molar-refractivity contribution >= 4 is 14.1 Å². The highest BCUT2D eigenvalue weighted by molar-refractivity contribution is 7.47. The molecule has 0 heterocycles. The lowest BCUT2D eigenvalue weighted by atomic mass is 10.1. The van der Waals surface area contributed by atoms with Crippen LogP contribution < -0.4 is 9.47 Å². The van der Waals surface area contributed by atoms with Gasteiger partial charge in [-0.05, 0) is 61.2 Å². The van der Waals surface area contributed by atoms with E-state index >= 15 is 0 Å². The van der Waals surface area contributed by atoms with E-state index in [2.05, 4.69) is 12.1 Å². The molecule has 3 aromatic rings. The Morgan fingerprint density at radius 1 is 0.727 bits per heavy atom. The van der Waals surface area contributed by atoms with Crippen molar-refractivity contribution in [3.05, 3.63) is 95.6 Å². The fourth-order valence-electron chi connectivity index (χ4n) is 3.15. The predicted octanol–water partition coefficient (Wildman–Crippen LogP) is 6.64. The number of hydrogen-bond donors (Lipinski definition) is 1. The van der Waals surface area contributed by atoms with E-state index in [0.29, 0.717) is 25.5 Å². The topological polar surface area (TPSA) is 60.8 Å². The van der Waals surface area contributed by atoms with E-state index in [9.17, 15) is 0 Å². The van der Waals surface area contributed by atoms with Gasteiger partial charge in [0.05, 0.1) is 18.9 Å². The number of ether oxygens (including phenoxy) is 2. The first-order valence-corrected chi connectivity index (χ1v) is 12.6. The summed E-state index contributed by atoms with van der Waals surface area (Å²) in [4.78, 5) is 0. The average Bonchev–Trinajstić information content (AvgIpc) is 2.86. The van der Waals surface area contributed by atoms with Crippen LogP contribution in [0.5, 0.6) is 11.5 Å². The SMILES string of the molecule is CCOP(CCc1ccc(OCc2ccc(OCC(=N)c3ccccc3)cc2)cc1)OCC. The van der Waals surface area contributed by atoms with Crippen LogP contribution in [0.1, 0.15) is 30.5 Å². The van der Waals surface area contributed by atoms with Crippen LogP contribution in [0.25, 0.3) is 0 Å². The number of rotatable bonds is 14. The summed E-state index contributed by atoms with van der Waals surface area (Å²) in [5, 5.41) is 8.13. The number of nitrogens with one attached hydrogen (secondary N) is 1. The zero-order chi connectivity index (χ0) is 23.3. The van der Waals surface area contributed by atoms with Gasteiger partial charge in [0.15, 0.2) is 8.38 Å². The molecular formula is C27H32NO4P. The molecule has 0 aromatic heterocycles. The minimum atomic E-state index is -0.804. The van der Waals surface area contributed by atoms with Crippen molar-refractivity contribution in [2.24, 2.45) is 0 Å². The lowest BCUT2D eigenvalue weighted by Crippen LogP contribution is -2.11. The fourth-order valence-corrected chi connectivity index (χ4v) is 4.50. The molecule has 33 heavy (non-hydrogen) atoms. The van der Waals surface area contributed by atoms with E-state index in [0.717, 1.165) is 35.2 Å². The highest BCUT2D eigenvalue weighted by Crippen LogP contribution is 2.38. The molecule has 174 valence electrons. The van der Waals surface area contributed by atoms with Crippen molar-refractivity contribution in [1.82, 2.24) is 0 Å². The average molecular weight is 466 g/mol. The van der Waals surface area contributed by atoms with Gasteiger partial charge in [0.25, 0.3) is 0 Å². The van der Waals surface area contributed by atoms with Crippen LogP contribution in [-0.4, -0.2) is 31.7 Å². The van der Waals surface area contributed by atoms with Gasteiger partial charge in [-0.2, -0.15) is 0 Å². The molecule has 3 aromatic carbocycles. The summed E-state index contributed by atoms with van der Waals surface area (Å²) < 4.78 is 23.0. The first-order valence-electron chi connectivity index (χ1n) is 11.3. The second kappa shape index (κ2) is 13.7. The normalized spacial score (nSPS) is 10.9. The Balaban J connectivity index is 1.42. The van der Waals surface area contributed by atoms with Gasteiger partial charge in [0, 0.05) is 6.16 Å². The summed E-state index contributed by atoms with van der Waals surface area (Å²) in [6.07, 6.45) is 1.83. The Labute approximate surface area is 198 Å². The third-order valence-electron chi connectivity index (χ3n) is 4.89. The van der Waals surface area contributed by atoms with Crippen LogP contribution in [0.2, 0.25) is 0 Å². The Morgan fingerprint density at radius 2 is 1.30 bits per heavy atom. The molecule has 0 saturated carbocycles. The summed E-state index contributed by atoms with van der Waals surface area (Å²) in [5.74, 6) is 1.58. The summed E-state index contributed by atoms with van der Waals surface area (Å²) in [6, 6.07) is 25.6. The Morgan fingerprint density at radius 3 is 1.91 bits per heavy atom.